The van der Waals surface area contributed by atoms with Crippen molar-refractivity contribution in [1.29, 1.82) is 0 Å². The van der Waals surface area contributed by atoms with Crippen molar-refractivity contribution in [3.8, 4) is 0 Å². The molecule has 3 rings (SSSR count). The quantitative estimate of drug-likeness (QED) is 0.802. The molecule has 6 nitrogen and oxygen atoms in total. The Morgan fingerprint density at radius 3 is 2.48 bits per heavy atom. The molecular weight excluding hydrogens is 322 g/mol. The molecule has 0 radical (unpaired) electrons. The van der Waals surface area contributed by atoms with Gasteiger partial charge in [-0.1, -0.05) is 6.42 Å². The number of hydrogen-bond acceptors (Lipinski definition) is 5. The minimum Gasteiger partial charge on any atom is -0.465 e. The molecule has 1 aromatic carbocycles. The van der Waals surface area contributed by atoms with Crippen LogP contribution in [0.5, 0.6) is 0 Å². The van der Waals surface area contributed by atoms with Crippen molar-refractivity contribution in [2.24, 2.45) is 17.8 Å². The van der Waals surface area contributed by atoms with Gasteiger partial charge >= 0.3 is 11.9 Å². The topological polar surface area (TPSA) is 81.7 Å². The van der Waals surface area contributed by atoms with E-state index in [4.69, 9.17) is 4.74 Å². The number of benzene rings is 1. The highest BCUT2D eigenvalue weighted by Gasteiger charge is 2.40. The van der Waals surface area contributed by atoms with Crippen LogP contribution >= 0.6 is 0 Å². The predicted octanol–water partition coefficient (Wildman–Crippen LogP) is 2.78. The summed E-state index contributed by atoms with van der Waals surface area (Å²) in [6.07, 6.45) is 5.32. The molecule has 0 aromatic heterocycles. The van der Waals surface area contributed by atoms with Crippen molar-refractivity contribution in [1.82, 2.24) is 0 Å². The van der Waals surface area contributed by atoms with Gasteiger partial charge in [0.25, 0.3) is 5.91 Å². The largest absolute Gasteiger partial charge is 0.465 e. The first-order valence-electron chi connectivity index (χ1n) is 8.69. The van der Waals surface area contributed by atoms with Crippen LogP contribution < -0.4 is 5.32 Å². The molecule has 0 spiro atoms. The lowest BCUT2D eigenvalue weighted by Crippen LogP contribution is -2.23. The van der Waals surface area contributed by atoms with Gasteiger partial charge in [-0.2, -0.15) is 0 Å². The molecule has 2 fully saturated rings. The summed E-state index contributed by atoms with van der Waals surface area (Å²) in [5.41, 5.74) is 0.930. The first-order valence-corrected chi connectivity index (χ1v) is 8.69. The van der Waals surface area contributed by atoms with Crippen molar-refractivity contribution in [2.75, 3.05) is 19.0 Å². The van der Waals surface area contributed by atoms with Gasteiger partial charge in [0.2, 0.25) is 0 Å². The number of esters is 2. The maximum Gasteiger partial charge on any atom is 0.337 e. The lowest BCUT2D eigenvalue weighted by molar-refractivity contribution is -0.148. The Morgan fingerprint density at radius 1 is 1.12 bits per heavy atom. The van der Waals surface area contributed by atoms with Crippen molar-refractivity contribution >= 4 is 23.5 Å². The second kappa shape index (κ2) is 7.68. The number of amides is 1. The normalized spacial score (nSPS) is 24.0. The van der Waals surface area contributed by atoms with Crippen LogP contribution in [0.1, 0.15) is 42.5 Å². The van der Waals surface area contributed by atoms with E-state index in [1.807, 2.05) is 0 Å². The van der Waals surface area contributed by atoms with Crippen molar-refractivity contribution in [3.05, 3.63) is 29.8 Å². The molecule has 6 heteroatoms. The van der Waals surface area contributed by atoms with E-state index in [0.717, 1.165) is 12.3 Å². The van der Waals surface area contributed by atoms with Crippen LogP contribution in [0.25, 0.3) is 0 Å². The number of nitrogens with one attached hydrogen (secondary N) is 1. The fourth-order valence-electron chi connectivity index (χ4n) is 4.05. The molecule has 25 heavy (non-hydrogen) atoms. The maximum absolute atomic E-state index is 11.9. The summed E-state index contributed by atoms with van der Waals surface area (Å²) in [6, 6.07) is 6.31. The van der Waals surface area contributed by atoms with Crippen LogP contribution in [-0.2, 0) is 19.1 Å². The minimum absolute atomic E-state index is 0.293. The Bertz CT molecular complexity index is 654. The molecule has 1 amide bonds. The first-order chi connectivity index (χ1) is 12.0. The Balaban J connectivity index is 1.40. The molecular formula is C19H23NO5. The summed E-state index contributed by atoms with van der Waals surface area (Å²) < 4.78 is 9.71. The van der Waals surface area contributed by atoms with E-state index in [1.54, 1.807) is 24.3 Å². The fourth-order valence-corrected chi connectivity index (χ4v) is 4.05. The molecule has 0 saturated heterocycles. The van der Waals surface area contributed by atoms with Crippen LogP contribution in [0, 0.1) is 17.8 Å². The highest BCUT2D eigenvalue weighted by atomic mass is 16.5. The SMILES string of the molecule is COC(=O)c1ccc(NC(=O)COC(=O)C[C@H]2C[C@@H]3CC[C@@H]2C3)cc1. The van der Waals surface area contributed by atoms with E-state index in [2.05, 4.69) is 10.1 Å². The van der Waals surface area contributed by atoms with Crippen LogP contribution in [0.4, 0.5) is 5.69 Å². The van der Waals surface area contributed by atoms with Gasteiger partial charge in [-0.3, -0.25) is 9.59 Å². The highest BCUT2D eigenvalue weighted by Crippen LogP contribution is 2.49. The van der Waals surface area contributed by atoms with Gasteiger partial charge in [-0.15, -0.1) is 0 Å². The maximum atomic E-state index is 11.9. The molecule has 134 valence electrons. The number of anilines is 1. The van der Waals surface area contributed by atoms with Gasteiger partial charge in [0, 0.05) is 12.1 Å². The molecule has 1 N–H and O–H groups in total. The highest BCUT2D eigenvalue weighted by molar-refractivity contribution is 5.94. The third kappa shape index (κ3) is 4.38. The zero-order valence-corrected chi connectivity index (χ0v) is 14.3. The van der Waals surface area contributed by atoms with E-state index in [-0.39, 0.29) is 12.6 Å². The summed E-state index contributed by atoms with van der Waals surface area (Å²) in [5, 5.41) is 2.63. The molecule has 0 aliphatic heterocycles. The zero-order valence-electron chi connectivity index (χ0n) is 14.3. The molecule has 2 bridgehead atoms. The summed E-state index contributed by atoms with van der Waals surface area (Å²) in [5.74, 6) is 0.757. The van der Waals surface area contributed by atoms with Crippen molar-refractivity contribution in [3.63, 3.8) is 0 Å². The van der Waals surface area contributed by atoms with Crippen LogP contribution in [0.3, 0.4) is 0 Å². The number of carbonyl (C=O) groups is 3. The number of methoxy groups -OCH3 is 1. The second-order valence-corrected chi connectivity index (χ2v) is 6.92. The Morgan fingerprint density at radius 2 is 1.88 bits per heavy atom. The molecule has 2 aliphatic carbocycles. The van der Waals surface area contributed by atoms with Crippen molar-refractivity contribution < 1.29 is 23.9 Å². The van der Waals surface area contributed by atoms with Gasteiger partial charge in [0.05, 0.1) is 12.7 Å². The third-order valence-electron chi connectivity index (χ3n) is 5.27. The summed E-state index contributed by atoms with van der Waals surface area (Å²) in [4.78, 5) is 35.2. The Hall–Kier alpha value is -2.37. The number of fused-ring (bicyclic) bond motifs is 2. The molecule has 0 heterocycles. The lowest BCUT2D eigenvalue weighted by atomic mass is 9.86. The molecule has 3 atom stereocenters. The van der Waals surface area contributed by atoms with Gasteiger partial charge in [0.1, 0.15) is 0 Å². The smallest absolute Gasteiger partial charge is 0.337 e. The lowest BCUT2D eigenvalue weighted by Gasteiger charge is -2.20. The number of carbonyl (C=O) groups excluding carboxylic acids is 3. The van der Waals surface area contributed by atoms with Crippen LogP contribution in [0.15, 0.2) is 24.3 Å². The molecule has 2 aliphatic rings. The number of ether oxygens (including phenoxy) is 2. The number of hydrogen-bond donors (Lipinski definition) is 1. The Labute approximate surface area is 146 Å². The van der Waals surface area contributed by atoms with Gasteiger partial charge in [-0.05, 0) is 61.3 Å². The monoisotopic (exact) mass is 345 g/mol. The molecule has 1 aromatic rings. The van der Waals surface area contributed by atoms with E-state index in [0.29, 0.717) is 29.5 Å². The zero-order chi connectivity index (χ0) is 17.8. The minimum atomic E-state index is -0.438. The van der Waals surface area contributed by atoms with E-state index >= 15 is 0 Å². The Kier molecular flexibility index (Phi) is 5.36. The fraction of sp³-hybridized carbons (Fsp3) is 0.526. The van der Waals surface area contributed by atoms with Crippen LogP contribution in [-0.4, -0.2) is 31.6 Å². The van der Waals surface area contributed by atoms with Crippen LogP contribution in [0.2, 0.25) is 0 Å². The predicted molar refractivity (Wildman–Crippen MR) is 90.9 cm³/mol. The first kappa shape index (κ1) is 17.5. The average molecular weight is 345 g/mol. The summed E-state index contributed by atoms with van der Waals surface area (Å²) in [7, 11) is 1.31. The van der Waals surface area contributed by atoms with E-state index < -0.39 is 11.9 Å². The van der Waals surface area contributed by atoms with Gasteiger partial charge in [-0.25, -0.2) is 4.79 Å². The average Bonchev–Trinajstić information content (AvgIpc) is 3.23. The summed E-state index contributed by atoms with van der Waals surface area (Å²) in [6.45, 7) is -0.293. The standard InChI is InChI=1S/C19H23NO5/c1-24-19(23)13-4-6-16(7-5-13)20-17(21)11-25-18(22)10-15-9-12-2-3-14(15)8-12/h4-7,12,14-15H,2-3,8-11H2,1H3,(H,20,21)/t12-,14-,15-/m1/s1. The van der Waals surface area contributed by atoms with Gasteiger partial charge in [0.15, 0.2) is 6.61 Å². The number of rotatable bonds is 6. The summed E-state index contributed by atoms with van der Waals surface area (Å²) >= 11 is 0. The van der Waals surface area contributed by atoms with E-state index in [9.17, 15) is 14.4 Å². The third-order valence-corrected chi connectivity index (χ3v) is 5.27. The van der Waals surface area contributed by atoms with Crippen molar-refractivity contribution in [2.45, 2.75) is 32.1 Å². The van der Waals surface area contributed by atoms with Gasteiger partial charge < -0.3 is 14.8 Å². The van der Waals surface area contributed by atoms with E-state index in [1.165, 1.54) is 26.4 Å². The molecule has 0 unspecified atom stereocenters. The molecule has 2 saturated carbocycles. The second-order valence-electron chi connectivity index (χ2n) is 6.92.